The minimum Gasteiger partial charge on any atom is -0.495 e. The van der Waals surface area contributed by atoms with Gasteiger partial charge in [0.1, 0.15) is 11.6 Å². The lowest BCUT2D eigenvalue weighted by Crippen LogP contribution is -2.03. The molecule has 78 valence electrons. The summed E-state index contributed by atoms with van der Waals surface area (Å²) in [5.41, 5.74) is 5.43. The molecule has 0 aliphatic carbocycles. The first-order chi connectivity index (χ1) is 6.60. The second-order valence-electron chi connectivity index (χ2n) is 2.55. The van der Waals surface area contributed by atoms with Crippen LogP contribution in [-0.4, -0.2) is 12.1 Å². The van der Waals surface area contributed by atoms with Gasteiger partial charge in [-0.05, 0) is 6.07 Å². The zero-order valence-corrected chi connectivity index (χ0v) is 8.18. The fourth-order valence-corrected chi connectivity index (χ4v) is 1.20. The molecule has 0 bridgehead atoms. The van der Waals surface area contributed by atoms with Crippen LogP contribution in [0.1, 0.15) is 17.7 Å². The maximum atomic E-state index is 12.4. The van der Waals surface area contributed by atoms with Gasteiger partial charge >= 0.3 is 0 Å². The van der Waals surface area contributed by atoms with Crippen LogP contribution in [0.5, 0.6) is 5.75 Å². The van der Waals surface area contributed by atoms with Crippen LogP contribution in [0.15, 0.2) is 6.07 Å². The van der Waals surface area contributed by atoms with Crippen molar-refractivity contribution in [1.29, 1.82) is 0 Å². The lowest BCUT2D eigenvalue weighted by atomic mass is 10.2. The normalized spacial score (nSPS) is 10.6. The molecule has 0 saturated carbocycles. The average Bonchev–Trinajstić information content (AvgIpc) is 2.17. The summed E-state index contributed by atoms with van der Waals surface area (Å²) in [4.78, 5) is 3.53. The Morgan fingerprint density at radius 1 is 1.64 bits per heavy atom. The van der Waals surface area contributed by atoms with Crippen molar-refractivity contribution < 1.29 is 13.5 Å². The van der Waals surface area contributed by atoms with Crippen molar-refractivity contribution in [2.45, 2.75) is 12.3 Å². The van der Waals surface area contributed by atoms with Gasteiger partial charge in [0.15, 0.2) is 5.69 Å². The Morgan fingerprint density at radius 2 is 2.29 bits per heavy atom. The first kappa shape index (κ1) is 11.0. The molecular formula is C8H9ClF2N2O. The summed E-state index contributed by atoms with van der Waals surface area (Å²) >= 11 is 5.53. The first-order valence-electron chi connectivity index (χ1n) is 3.77. The summed E-state index contributed by atoms with van der Waals surface area (Å²) in [6, 6.07) is 1.37. The van der Waals surface area contributed by atoms with Gasteiger partial charge < -0.3 is 10.5 Å². The molecule has 0 unspecified atom stereocenters. The number of ether oxygens (including phenoxy) is 1. The van der Waals surface area contributed by atoms with Crippen LogP contribution >= 0.6 is 11.6 Å². The number of nitrogens with zero attached hydrogens (tertiary/aromatic N) is 1. The van der Waals surface area contributed by atoms with Crippen LogP contribution in [0.25, 0.3) is 0 Å². The predicted octanol–water partition coefficient (Wildman–Crippen LogP) is 2.35. The molecule has 0 saturated heterocycles. The standard InChI is InChI=1S/C8H9ClF2N2O/c1-14-5-2-4(3-9)8(12)13-6(5)7(10)11/h2,7H,3H2,1H3,(H2,12,13). The Hall–Kier alpha value is -1.10. The molecule has 0 atom stereocenters. The van der Waals surface area contributed by atoms with Crippen molar-refractivity contribution in [3.05, 3.63) is 17.3 Å². The highest BCUT2D eigenvalue weighted by Crippen LogP contribution is 2.30. The van der Waals surface area contributed by atoms with Gasteiger partial charge in [-0.2, -0.15) is 0 Å². The van der Waals surface area contributed by atoms with E-state index in [1.54, 1.807) is 0 Å². The monoisotopic (exact) mass is 222 g/mol. The van der Waals surface area contributed by atoms with Gasteiger partial charge in [0.05, 0.1) is 13.0 Å². The summed E-state index contributed by atoms with van der Waals surface area (Å²) in [5.74, 6) is 0.125. The van der Waals surface area contributed by atoms with Crippen LogP contribution < -0.4 is 10.5 Å². The van der Waals surface area contributed by atoms with Crippen LogP contribution in [0.2, 0.25) is 0 Å². The molecule has 2 N–H and O–H groups in total. The number of nitrogens with two attached hydrogens (primary N) is 1. The van der Waals surface area contributed by atoms with Crippen molar-refractivity contribution in [2.75, 3.05) is 12.8 Å². The summed E-state index contributed by atoms with van der Waals surface area (Å²) in [7, 11) is 1.29. The molecule has 1 rings (SSSR count). The van der Waals surface area contributed by atoms with E-state index < -0.39 is 12.1 Å². The smallest absolute Gasteiger partial charge is 0.284 e. The van der Waals surface area contributed by atoms with Gasteiger partial charge in [-0.1, -0.05) is 0 Å². The molecule has 0 aliphatic rings. The SMILES string of the molecule is COc1cc(CCl)c(N)nc1C(F)F. The molecule has 1 aromatic rings. The molecule has 0 radical (unpaired) electrons. The fourth-order valence-electron chi connectivity index (χ4n) is 0.990. The molecular weight excluding hydrogens is 214 g/mol. The van der Waals surface area contributed by atoms with Gasteiger partial charge in [0.25, 0.3) is 6.43 Å². The van der Waals surface area contributed by atoms with Crippen molar-refractivity contribution in [3.63, 3.8) is 0 Å². The largest absolute Gasteiger partial charge is 0.495 e. The molecule has 0 aliphatic heterocycles. The van der Waals surface area contributed by atoms with Crippen LogP contribution in [0.3, 0.4) is 0 Å². The Labute approximate surface area is 84.8 Å². The Balaban J connectivity index is 3.24. The van der Waals surface area contributed by atoms with Gasteiger partial charge in [-0.3, -0.25) is 0 Å². The number of anilines is 1. The van der Waals surface area contributed by atoms with E-state index in [-0.39, 0.29) is 17.4 Å². The molecule has 0 spiro atoms. The van der Waals surface area contributed by atoms with Gasteiger partial charge in [0, 0.05) is 5.56 Å². The maximum Gasteiger partial charge on any atom is 0.284 e. The van der Waals surface area contributed by atoms with E-state index in [0.29, 0.717) is 5.56 Å². The van der Waals surface area contributed by atoms with Gasteiger partial charge in [0.2, 0.25) is 0 Å². The van der Waals surface area contributed by atoms with E-state index in [1.807, 2.05) is 0 Å². The van der Waals surface area contributed by atoms with E-state index in [0.717, 1.165) is 0 Å². The molecule has 3 nitrogen and oxygen atoms in total. The zero-order chi connectivity index (χ0) is 10.7. The van der Waals surface area contributed by atoms with E-state index in [2.05, 4.69) is 4.98 Å². The first-order valence-corrected chi connectivity index (χ1v) is 4.31. The lowest BCUT2D eigenvalue weighted by molar-refractivity contribution is 0.141. The van der Waals surface area contributed by atoms with Crippen LogP contribution in [0.4, 0.5) is 14.6 Å². The Morgan fingerprint density at radius 3 is 2.71 bits per heavy atom. The molecule has 0 fully saturated rings. The number of methoxy groups -OCH3 is 1. The third-order valence-corrected chi connectivity index (χ3v) is 1.99. The number of nitrogen functional groups attached to an aromatic ring is 1. The number of halogens is 3. The number of aromatic nitrogens is 1. The Kier molecular flexibility index (Phi) is 3.46. The second-order valence-corrected chi connectivity index (χ2v) is 2.82. The van der Waals surface area contributed by atoms with Crippen molar-refractivity contribution >= 4 is 17.4 Å². The van der Waals surface area contributed by atoms with Crippen molar-refractivity contribution in [3.8, 4) is 5.75 Å². The summed E-state index contributed by atoms with van der Waals surface area (Å²) in [6.45, 7) is 0. The minimum absolute atomic E-state index is 0.00449. The second kappa shape index (κ2) is 4.41. The Bertz CT molecular complexity index is 333. The van der Waals surface area contributed by atoms with Crippen LogP contribution in [-0.2, 0) is 5.88 Å². The van der Waals surface area contributed by atoms with E-state index in [1.165, 1.54) is 13.2 Å². The molecule has 1 heterocycles. The van der Waals surface area contributed by atoms with Crippen molar-refractivity contribution in [2.24, 2.45) is 0 Å². The van der Waals surface area contributed by atoms with Gasteiger partial charge in [-0.15, -0.1) is 11.6 Å². The lowest BCUT2D eigenvalue weighted by Gasteiger charge is -2.10. The topological polar surface area (TPSA) is 48.1 Å². The summed E-state index contributed by atoms with van der Waals surface area (Å²) in [6.07, 6.45) is -2.71. The highest BCUT2D eigenvalue weighted by molar-refractivity contribution is 6.17. The fraction of sp³-hybridized carbons (Fsp3) is 0.375. The molecule has 0 aromatic carbocycles. The number of rotatable bonds is 3. The number of hydrogen-bond donors (Lipinski definition) is 1. The quantitative estimate of drug-likeness (QED) is 0.799. The third kappa shape index (κ3) is 2.04. The number of pyridine rings is 1. The van der Waals surface area contributed by atoms with E-state index >= 15 is 0 Å². The highest BCUT2D eigenvalue weighted by atomic mass is 35.5. The highest BCUT2D eigenvalue weighted by Gasteiger charge is 2.18. The predicted molar refractivity (Wildman–Crippen MR) is 49.7 cm³/mol. The molecule has 14 heavy (non-hydrogen) atoms. The molecule has 0 amide bonds. The van der Waals surface area contributed by atoms with Gasteiger partial charge in [-0.25, -0.2) is 13.8 Å². The van der Waals surface area contributed by atoms with E-state index in [4.69, 9.17) is 22.1 Å². The summed E-state index contributed by atoms with van der Waals surface area (Å²) in [5, 5.41) is 0. The molecule has 1 aromatic heterocycles. The maximum absolute atomic E-state index is 12.4. The average molecular weight is 223 g/mol. The summed E-state index contributed by atoms with van der Waals surface area (Å²) < 4.78 is 29.5. The van der Waals surface area contributed by atoms with Crippen molar-refractivity contribution in [1.82, 2.24) is 4.98 Å². The number of alkyl halides is 3. The number of hydrogen-bond acceptors (Lipinski definition) is 3. The minimum atomic E-state index is -2.71. The molecule has 6 heteroatoms. The zero-order valence-electron chi connectivity index (χ0n) is 7.43. The third-order valence-electron chi connectivity index (χ3n) is 1.70. The van der Waals surface area contributed by atoms with Crippen LogP contribution in [0, 0.1) is 0 Å². The van der Waals surface area contributed by atoms with E-state index in [9.17, 15) is 8.78 Å².